The van der Waals surface area contributed by atoms with Crippen LogP contribution in [0.4, 0.5) is 0 Å². The molecule has 1 fully saturated rings. The Morgan fingerprint density at radius 1 is 1.48 bits per heavy atom. The van der Waals surface area contributed by atoms with Gasteiger partial charge in [0.25, 0.3) is 0 Å². The lowest BCUT2D eigenvalue weighted by Gasteiger charge is -2.16. The molecule has 1 aliphatic carbocycles. The minimum absolute atomic E-state index is 0.303. The average Bonchev–Trinajstić information content (AvgIpc) is 3.38. The van der Waals surface area contributed by atoms with Crippen molar-refractivity contribution in [2.45, 2.75) is 31.7 Å². The van der Waals surface area contributed by atoms with Crippen LogP contribution < -0.4 is 10.6 Å². The van der Waals surface area contributed by atoms with Crippen LogP contribution in [-0.2, 0) is 11.3 Å². The molecule has 6 heteroatoms. The van der Waals surface area contributed by atoms with Crippen LogP contribution in [0.1, 0.15) is 46.9 Å². The number of carbonyl (C=O) groups excluding carboxylic acids is 1. The highest BCUT2D eigenvalue weighted by molar-refractivity contribution is 5.90. The zero-order valence-corrected chi connectivity index (χ0v) is 12.2. The molecule has 0 radical (unpaired) electrons. The highest BCUT2D eigenvalue weighted by Gasteiger charge is 2.30. The van der Waals surface area contributed by atoms with Gasteiger partial charge in [-0.2, -0.15) is 0 Å². The van der Waals surface area contributed by atoms with Crippen molar-refractivity contribution in [1.82, 2.24) is 15.6 Å². The summed E-state index contributed by atoms with van der Waals surface area (Å²) in [7, 11) is 1.40. The number of pyridine rings is 1. The summed E-state index contributed by atoms with van der Waals surface area (Å²) in [4.78, 5) is 20.8. The number of esters is 1. The Morgan fingerprint density at radius 3 is 3.00 bits per heavy atom. The number of methoxy groups -OCH3 is 1. The fourth-order valence-corrected chi connectivity index (χ4v) is 2.39. The van der Waals surface area contributed by atoms with E-state index in [0.29, 0.717) is 18.0 Å². The van der Waals surface area contributed by atoms with Gasteiger partial charge in [0.1, 0.15) is 0 Å². The summed E-state index contributed by atoms with van der Waals surface area (Å²) in [5.41, 5.74) is 2.39. The smallest absolute Gasteiger partial charge is 0.339 e. The first-order valence-electron chi connectivity index (χ1n) is 7.38. The molecule has 21 heavy (non-hydrogen) atoms. The molecule has 2 aliphatic rings. The zero-order chi connectivity index (χ0) is 14.7. The van der Waals surface area contributed by atoms with Crippen molar-refractivity contribution in [3.05, 3.63) is 29.1 Å². The average molecular weight is 288 g/mol. The van der Waals surface area contributed by atoms with E-state index in [-0.39, 0.29) is 5.97 Å². The van der Waals surface area contributed by atoms with E-state index in [1.54, 1.807) is 0 Å². The van der Waals surface area contributed by atoms with Gasteiger partial charge in [0, 0.05) is 19.0 Å². The predicted molar refractivity (Wildman–Crippen MR) is 79.3 cm³/mol. The van der Waals surface area contributed by atoms with E-state index in [4.69, 9.17) is 4.74 Å². The lowest BCUT2D eigenvalue weighted by Crippen LogP contribution is -2.40. The molecule has 0 spiro atoms. The van der Waals surface area contributed by atoms with Crippen molar-refractivity contribution in [1.29, 1.82) is 0 Å². The Morgan fingerprint density at radius 2 is 2.33 bits per heavy atom. The van der Waals surface area contributed by atoms with Crippen LogP contribution in [0, 0.1) is 0 Å². The third kappa shape index (κ3) is 3.32. The SMILES string of the molecule is COC(=O)c1ccc(CNC2=NCCCN2)nc1C1CC1. The number of ether oxygens (including phenoxy) is 1. The Kier molecular flexibility index (Phi) is 4.03. The van der Waals surface area contributed by atoms with Gasteiger partial charge in [-0.15, -0.1) is 0 Å². The molecule has 0 unspecified atom stereocenters. The molecule has 3 rings (SSSR count). The van der Waals surface area contributed by atoms with Crippen molar-refractivity contribution in [2.24, 2.45) is 4.99 Å². The molecule has 0 atom stereocenters. The summed E-state index contributed by atoms with van der Waals surface area (Å²) in [5, 5.41) is 6.46. The number of aromatic nitrogens is 1. The first kappa shape index (κ1) is 13.9. The minimum Gasteiger partial charge on any atom is -0.465 e. The molecular formula is C15H20N4O2. The minimum atomic E-state index is -0.303. The predicted octanol–water partition coefficient (Wildman–Crippen LogP) is 1.18. The largest absolute Gasteiger partial charge is 0.465 e. The van der Waals surface area contributed by atoms with Crippen molar-refractivity contribution in [2.75, 3.05) is 20.2 Å². The summed E-state index contributed by atoms with van der Waals surface area (Å²) in [5.74, 6) is 0.930. The normalized spacial score (nSPS) is 17.7. The quantitative estimate of drug-likeness (QED) is 0.814. The second-order valence-corrected chi connectivity index (χ2v) is 5.37. The first-order chi connectivity index (χ1) is 10.3. The van der Waals surface area contributed by atoms with Crippen LogP contribution in [0.15, 0.2) is 17.1 Å². The van der Waals surface area contributed by atoms with E-state index in [2.05, 4.69) is 20.6 Å². The summed E-state index contributed by atoms with van der Waals surface area (Å²) in [6.45, 7) is 2.41. The van der Waals surface area contributed by atoms with Gasteiger partial charge in [-0.05, 0) is 31.4 Å². The van der Waals surface area contributed by atoms with Crippen molar-refractivity contribution >= 4 is 11.9 Å². The van der Waals surface area contributed by atoms with E-state index in [0.717, 1.165) is 49.7 Å². The lowest BCUT2D eigenvalue weighted by molar-refractivity contribution is 0.0598. The van der Waals surface area contributed by atoms with Crippen LogP contribution in [0.5, 0.6) is 0 Å². The number of hydrogen-bond donors (Lipinski definition) is 2. The highest BCUT2D eigenvalue weighted by atomic mass is 16.5. The third-order valence-electron chi connectivity index (χ3n) is 3.69. The summed E-state index contributed by atoms with van der Waals surface area (Å²) < 4.78 is 4.83. The number of guanidine groups is 1. The standard InChI is InChI=1S/C15H20N4O2/c1-21-14(20)12-6-5-11(19-13(12)10-3-4-10)9-18-15-16-7-2-8-17-15/h5-6,10H,2-4,7-9H2,1H3,(H2,16,17,18). The van der Waals surface area contributed by atoms with Gasteiger partial charge in [0.2, 0.25) is 0 Å². The molecule has 1 aliphatic heterocycles. The summed E-state index contributed by atoms with van der Waals surface area (Å²) >= 11 is 0. The second kappa shape index (κ2) is 6.11. The molecule has 112 valence electrons. The Hall–Kier alpha value is -2.11. The van der Waals surface area contributed by atoms with Crippen LogP contribution in [-0.4, -0.2) is 37.1 Å². The van der Waals surface area contributed by atoms with Gasteiger partial charge in [-0.25, -0.2) is 4.79 Å². The molecule has 0 saturated heterocycles. The molecule has 2 N–H and O–H groups in total. The topological polar surface area (TPSA) is 75.6 Å². The first-order valence-corrected chi connectivity index (χ1v) is 7.38. The van der Waals surface area contributed by atoms with E-state index in [1.807, 2.05) is 12.1 Å². The third-order valence-corrected chi connectivity index (χ3v) is 3.69. The highest BCUT2D eigenvalue weighted by Crippen LogP contribution is 2.40. The van der Waals surface area contributed by atoms with E-state index in [9.17, 15) is 4.79 Å². The maximum atomic E-state index is 11.8. The second-order valence-electron chi connectivity index (χ2n) is 5.37. The number of nitrogens with zero attached hydrogens (tertiary/aromatic N) is 2. The fourth-order valence-electron chi connectivity index (χ4n) is 2.39. The van der Waals surface area contributed by atoms with Crippen LogP contribution in [0.3, 0.4) is 0 Å². The molecule has 1 aromatic rings. The zero-order valence-electron chi connectivity index (χ0n) is 12.2. The molecule has 1 saturated carbocycles. The summed E-state index contributed by atoms with van der Waals surface area (Å²) in [6, 6.07) is 3.69. The van der Waals surface area contributed by atoms with Crippen LogP contribution in [0.25, 0.3) is 0 Å². The van der Waals surface area contributed by atoms with Crippen molar-refractivity contribution < 1.29 is 9.53 Å². The molecule has 0 aromatic carbocycles. The maximum absolute atomic E-state index is 11.8. The molecular weight excluding hydrogens is 268 g/mol. The number of rotatable bonds is 4. The Balaban J connectivity index is 1.72. The fraction of sp³-hybridized carbons (Fsp3) is 0.533. The van der Waals surface area contributed by atoms with Gasteiger partial charge in [0.15, 0.2) is 5.96 Å². The number of hydrogen-bond acceptors (Lipinski definition) is 6. The monoisotopic (exact) mass is 288 g/mol. The maximum Gasteiger partial charge on any atom is 0.339 e. The van der Waals surface area contributed by atoms with E-state index < -0.39 is 0 Å². The lowest BCUT2D eigenvalue weighted by atomic mass is 10.1. The molecule has 1 aromatic heterocycles. The van der Waals surface area contributed by atoms with E-state index >= 15 is 0 Å². The van der Waals surface area contributed by atoms with E-state index in [1.165, 1.54) is 7.11 Å². The van der Waals surface area contributed by atoms with Gasteiger partial charge in [0.05, 0.1) is 30.6 Å². The van der Waals surface area contributed by atoms with Crippen LogP contribution in [0.2, 0.25) is 0 Å². The molecule has 0 amide bonds. The van der Waals surface area contributed by atoms with Crippen molar-refractivity contribution in [3.8, 4) is 0 Å². The Bertz CT molecular complexity index is 567. The summed E-state index contributed by atoms with van der Waals surface area (Å²) in [6.07, 6.45) is 3.27. The van der Waals surface area contributed by atoms with Gasteiger partial charge in [-0.3, -0.25) is 9.98 Å². The molecule has 0 bridgehead atoms. The number of carbonyl (C=O) groups is 1. The van der Waals surface area contributed by atoms with Gasteiger partial charge < -0.3 is 15.4 Å². The molecule has 6 nitrogen and oxygen atoms in total. The van der Waals surface area contributed by atoms with Gasteiger partial charge >= 0.3 is 5.97 Å². The van der Waals surface area contributed by atoms with Crippen molar-refractivity contribution in [3.63, 3.8) is 0 Å². The number of aliphatic imine (C=N–C) groups is 1. The Labute approximate surface area is 124 Å². The van der Waals surface area contributed by atoms with Gasteiger partial charge in [-0.1, -0.05) is 0 Å². The van der Waals surface area contributed by atoms with Crippen LogP contribution >= 0.6 is 0 Å². The number of nitrogens with one attached hydrogen (secondary N) is 2. The molecule has 2 heterocycles.